The average molecular weight is 404 g/mol. The summed E-state index contributed by atoms with van der Waals surface area (Å²) in [5.74, 6) is -0.0871. The third-order valence-corrected chi connectivity index (χ3v) is 6.21. The Bertz CT molecular complexity index is 715. The average Bonchev–Trinajstić information content (AvgIpc) is 2.76. The van der Waals surface area contributed by atoms with Gasteiger partial charge in [0.05, 0.1) is 6.04 Å². The van der Waals surface area contributed by atoms with Crippen LogP contribution in [0.4, 0.5) is 14.9 Å². The molecular weight excluding hydrogens is 375 g/mol. The highest BCUT2D eigenvalue weighted by Crippen LogP contribution is 2.24. The molecule has 1 aromatic rings. The number of ether oxygens (including phenoxy) is 1. The quantitative estimate of drug-likeness (QED) is 0.839. The first kappa shape index (κ1) is 20.1. The monoisotopic (exact) mass is 404 g/mol. The second-order valence-corrected chi connectivity index (χ2v) is 7.99. The summed E-state index contributed by atoms with van der Waals surface area (Å²) >= 11 is 0. The summed E-state index contributed by atoms with van der Waals surface area (Å²) in [6.45, 7) is 4.85. The topological polar surface area (TPSA) is 65.1 Å². The van der Waals surface area contributed by atoms with Crippen molar-refractivity contribution >= 4 is 17.6 Å². The van der Waals surface area contributed by atoms with Gasteiger partial charge in [0.2, 0.25) is 5.91 Å². The summed E-state index contributed by atoms with van der Waals surface area (Å²) in [7, 11) is 0. The van der Waals surface area contributed by atoms with Gasteiger partial charge in [-0.05, 0) is 49.9 Å². The zero-order valence-corrected chi connectivity index (χ0v) is 16.7. The molecule has 3 amide bonds. The number of piperidine rings is 1. The molecule has 3 aliphatic heterocycles. The summed E-state index contributed by atoms with van der Waals surface area (Å²) < 4.78 is 18.5. The molecule has 0 unspecified atom stereocenters. The van der Waals surface area contributed by atoms with Crippen LogP contribution in [0.15, 0.2) is 24.3 Å². The van der Waals surface area contributed by atoms with E-state index in [-0.39, 0.29) is 23.8 Å². The fraction of sp³-hybridized carbons (Fsp3) is 0.619. The molecule has 0 radical (unpaired) electrons. The highest BCUT2D eigenvalue weighted by atomic mass is 19.1. The van der Waals surface area contributed by atoms with Crippen LogP contribution in [0.5, 0.6) is 0 Å². The molecule has 0 aromatic heterocycles. The van der Waals surface area contributed by atoms with Gasteiger partial charge in [-0.25, -0.2) is 9.18 Å². The van der Waals surface area contributed by atoms with Crippen molar-refractivity contribution in [1.82, 2.24) is 14.7 Å². The predicted octanol–water partition coefficient (Wildman–Crippen LogP) is 2.15. The van der Waals surface area contributed by atoms with Crippen LogP contribution in [0.1, 0.15) is 25.7 Å². The number of amides is 3. The summed E-state index contributed by atoms with van der Waals surface area (Å²) in [5, 5.41) is 2.81. The molecule has 7 nitrogen and oxygen atoms in total. The highest BCUT2D eigenvalue weighted by Gasteiger charge is 2.38. The van der Waals surface area contributed by atoms with Crippen molar-refractivity contribution in [3.63, 3.8) is 0 Å². The minimum atomic E-state index is -0.330. The van der Waals surface area contributed by atoms with Crippen molar-refractivity contribution in [3.8, 4) is 0 Å². The Morgan fingerprint density at radius 3 is 2.38 bits per heavy atom. The van der Waals surface area contributed by atoms with Crippen molar-refractivity contribution < 1.29 is 18.7 Å². The van der Waals surface area contributed by atoms with Crippen LogP contribution in [0.2, 0.25) is 0 Å². The lowest BCUT2D eigenvalue weighted by atomic mass is 9.97. The second-order valence-electron chi connectivity index (χ2n) is 7.99. The van der Waals surface area contributed by atoms with E-state index in [0.717, 1.165) is 45.4 Å². The molecular formula is C21H29FN4O3. The maximum Gasteiger partial charge on any atom is 0.321 e. The molecule has 0 saturated carbocycles. The summed E-state index contributed by atoms with van der Waals surface area (Å²) in [6.07, 6.45) is 3.77. The molecule has 1 atom stereocenters. The summed E-state index contributed by atoms with van der Waals surface area (Å²) in [6, 6.07) is 5.80. The van der Waals surface area contributed by atoms with E-state index in [2.05, 4.69) is 15.1 Å². The Hall–Kier alpha value is -2.19. The molecule has 1 aromatic carbocycles. The normalized spacial score (nSPS) is 24.6. The Kier molecular flexibility index (Phi) is 6.30. The number of piperazine rings is 1. The van der Waals surface area contributed by atoms with Crippen molar-refractivity contribution in [3.05, 3.63) is 30.1 Å². The number of hydrogen-bond donors (Lipinski definition) is 1. The maximum atomic E-state index is 13.1. The highest BCUT2D eigenvalue weighted by molar-refractivity contribution is 5.89. The van der Waals surface area contributed by atoms with Gasteiger partial charge in [0, 0.05) is 57.7 Å². The number of anilines is 1. The number of carbonyl (C=O) groups is 2. The van der Waals surface area contributed by atoms with Crippen LogP contribution in [0.3, 0.4) is 0 Å². The standard InChI is InChI=1S/C21H29FN4O3/c22-16-3-5-17(6-4-16)23-21(28)25-12-10-24(11-13-25)19-2-1-9-26(20(19)27)18-7-14-29-15-8-18/h3-6,18-19H,1-2,7-15H2,(H,23,28)/t19-/m0/s1. The number of nitrogens with zero attached hydrogens (tertiary/aromatic N) is 3. The Labute approximate surface area is 170 Å². The van der Waals surface area contributed by atoms with Crippen molar-refractivity contribution in [1.29, 1.82) is 0 Å². The van der Waals surface area contributed by atoms with E-state index in [1.54, 1.807) is 17.0 Å². The van der Waals surface area contributed by atoms with Crippen molar-refractivity contribution in [2.75, 3.05) is 51.3 Å². The van der Waals surface area contributed by atoms with Gasteiger partial charge in [-0.15, -0.1) is 0 Å². The fourth-order valence-electron chi connectivity index (χ4n) is 4.55. The molecule has 0 bridgehead atoms. The number of carbonyl (C=O) groups excluding carboxylic acids is 2. The molecule has 8 heteroatoms. The van der Waals surface area contributed by atoms with Gasteiger partial charge in [-0.3, -0.25) is 9.69 Å². The third-order valence-electron chi connectivity index (χ3n) is 6.21. The number of rotatable bonds is 3. The summed E-state index contributed by atoms with van der Waals surface area (Å²) in [5.41, 5.74) is 0.577. The van der Waals surface area contributed by atoms with Crippen LogP contribution in [0, 0.1) is 5.82 Å². The molecule has 1 N–H and O–H groups in total. The molecule has 158 valence electrons. The van der Waals surface area contributed by atoms with Gasteiger partial charge in [-0.2, -0.15) is 0 Å². The van der Waals surface area contributed by atoms with Crippen LogP contribution in [0.25, 0.3) is 0 Å². The Balaban J connectivity index is 1.29. The lowest BCUT2D eigenvalue weighted by Crippen LogP contribution is -2.60. The van der Waals surface area contributed by atoms with Crippen molar-refractivity contribution in [2.45, 2.75) is 37.8 Å². The largest absolute Gasteiger partial charge is 0.381 e. The number of hydrogen-bond acceptors (Lipinski definition) is 4. The molecule has 0 spiro atoms. The van der Waals surface area contributed by atoms with Crippen LogP contribution in [-0.4, -0.2) is 84.7 Å². The minimum Gasteiger partial charge on any atom is -0.381 e. The lowest BCUT2D eigenvalue weighted by molar-refractivity contribution is -0.145. The van der Waals surface area contributed by atoms with E-state index < -0.39 is 0 Å². The van der Waals surface area contributed by atoms with E-state index >= 15 is 0 Å². The Morgan fingerprint density at radius 1 is 1.00 bits per heavy atom. The molecule has 0 aliphatic carbocycles. The van der Waals surface area contributed by atoms with Crippen molar-refractivity contribution in [2.24, 2.45) is 0 Å². The number of halogens is 1. The molecule has 4 rings (SSSR count). The van der Waals surface area contributed by atoms with E-state index in [9.17, 15) is 14.0 Å². The number of likely N-dealkylation sites (tertiary alicyclic amines) is 1. The Morgan fingerprint density at radius 2 is 1.69 bits per heavy atom. The number of urea groups is 1. The van der Waals surface area contributed by atoms with Gasteiger partial charge < -0.3 is 19.9 Å². The first-order valence-corrected chi connectivity index (χ1v) is 10.6. The number of nitrogens with one attached hydrogen (secondary N) is 1. The summed E-state index contributed by atoms with van der Waals surface area (Å²) in [4.78, 5) is 31.7. The molecule has 29 heavy (non-hydrogen) atoms. The SMILES string of the molecule is O=C(Nc1ccc(F)cc1)N1CCN([C@H]2CCCN(C3CCOCC3)C2=O)CC1. The van der Waals surface area contributed by atoms with Gasteiger partial charge in [0.25, 0.3) is 0 Å². The minimum absolute atomic E-state index is 0.0751. The number of benzene rings is 1. The first-order chi connectivity index (χ1) is 14.1. The first-order valence-electron chi connectivity index (χ1n) is 10.6. The molecule has 3 aliphatic rings. The van der Waals surface area contributed by atoms with Gasteiger partial charge in [0.15, 0.2) is 0 Å². The maximum absolute atomic E-state index is 13.1. The van der Waals surface area contributed by atoms with Gasteiger partial charge in [0.1, 0.15) is 5.82 Å². The second kappa shape index (κ2) is 9.09. The van der Waals surface area contributed by atoms with E-state index in [4.69, 9.17) is 4.74 Å². The third kappa shape index (κ3) is 4.70. The zero-order valence-electron chi connectivity index (χ0n) is 16.7. The van der Waals surface area contributed by atoms with Crippen LogP contribution >= 0.6 is 0 Å². The van der Waals surface area contributed by atoms with E-state index in [0.29, 0.717) is 37.9 Å². The predicted molar refractivity (Wildman–Crippen MR) is 107 cm³/mol. The smallest absolute Gasteiger partial charge is 0.321 e. The van der Waals surface area contributed by atoms with E-state index in [1.165, 1.54) is 12.1 Å². The van der Waals surface area contributed by atoms with Gasteiger partial charge in [-0.1, -0.05) is 0 Å². The van der Waals surface area contributed by atoms with Crippen LogP contribution < -0.4 is 5.32 Å². The molecule has 3 heterocycles. The van der Waals surface area contributed by atoms with E-state index in [1.807, 2.05) is 0 Å². The zero-order chi connectivity index (χ0) is 20.2. The molecule has 3 fully saturated rings. The molecule has 3 saturated heterocycles. The lowest BCUT2D eigenvalue weighted by Gasteiger charge is -2.45. The van der Waals surface area contributed by atoms with Gasteiger partial charge >= 0.3 is 6.03 Å². The fourth-order valence-corrected chi connectivity index (χ4v) is 4.55. The van der Waals surface area contributed by atoms with Crippen LogP contribution in [-0.2, 0) is 9.53 Å².